The van der Waals surface area contributed by atoms with E-state index in [0.29, 0.717) is 22.9 Å². The van der Waals surface area contributed by atoms with E-state index in [1.165, 1.54) is 0 Å². The van der Waals surface area contributed by atoms with Gasteiger partial charge in [-0.2, -0.15) is 0 Å². The van der Waals surface area contributed by atoms with Gasteiger partial charge in [-0.25, -0.2) is 4.52 Å². The third-order valence-electron chi connectivity index (χ3n) is 3.53. The van der Waals surface area contributed by atoms with Gasteiger partial charge in [0.25, 0.3) is 0 Å². The van der Waals surface area contributed by atoms with Gasteiger partial charge in [0.2, 0.25) is 0 Å². The predicted octanol–water partition coefficient (Wildman–Crippen LogP) is 3.10. The van der Waals surface area contributed by atoms with Crippen LogP contribution in [0.25, 0.3) is 17.0 Å². The average molecular weight is 338 g/mol. The van der Waals surface area contributed by atoms with E-state index in [9.17, 15) is 8.76 Å². The Kier molecular flexibility index (Phi) is 4.28. The maximum Gasteiger partial charge on any atom is 0.196 e. The maximum atomic E-state index is 11.6. The molecule has 0 saturated heterocycles. The summed E-state index contributed by atoms with van der Waals surface area (Å²) in [5.74, 6) is 0.545. The SMILES string of the molecule is CCCC(c1ccccc1-c1nnc2c(Cl)c[nH]n12)S(=O)[O-]. The minimum atomic E-state index is -2.20. The second-order valence-electron chi connectivity index (χ2n) is 4.93. The Bertz CT molecular complexity index is 829. The molecule has 0 radical (unpaired) electrons. The van der Waals surface area contributed by atoms with E-state index in [1.807, 2.05) is 31.2 Å². The summed E-state index contributed by atoms with van der Waals surface area (Å²) in [6.45, 7) is 1.96. The minimum absolute atomic E-state index is 0.466. The molecular formula is C14H14ClN4O2S-. The van der Waals surface area contributed by atoms with Gasteiger partial charge in [-0.1, -0.05) is 49.2 Å². The number of halogens is 1. The molecule has 6 nitrogen and oxygen atoms in total. The van der Waals surface area contributed by atoms with Crippen LogP contribution >= 0.6 is 11.6 Å². The van der Waals surface area contributed by atoms with Crippen LogP contribution in [0, 0.1) is 0 Å². The molecule has 116 valence electrons. The zero-order valence-corrected chi connectivity index (χ0v) is 13.4. The molecule has 2 unspecified atom stereocenters. The van der Waals surface area contributed by atoms with Crippen molar-refractivity contribution in [1.82, 2.24) is 19.8 Å². The summed E-state index contributed by atoms with van der Waals surface area (Å²) < 4.78 is 24.9. The number of hydrogen-bond donors (Lipinski definition) is 1. The van der Waals surface area contributed by atoms with Crippen molar-refractivity contribution in [3.63, 3.8) is 0 Å². The molecule has 0 aliphatic heterocycles. The fourth-order valence-corrected chi connectivity index (χ4v) is 3.53. The van der Waals surface area contributed by atoms with E-state index in [1.54, 1.807) is 10.7 Å². The van der Waals surface area contributed by atoms with Gasteiger partial charge < -0.3 is 4.55 Å². The fourth-order valence-electron chi connectivity index (χ4n) is 2.52. The highest BCUT2D eigenvalue weighted by molar-refractivity contribution is 7.79. The lowest BCUT2D eigenvalue weighted by Crippen LogP contribution is -2.08. The lowest BCUT2D eigenvalue weighted by atomic mass is 10.0. The third-order valence-corrected chi connectivity index (χ3v) is 4.76. The third kappa shape index (κ3) is 2.55. The van der Waals surface area contributed by atoms with E-state index in [2.05, 4.69) is 15.3 Å². The van der Waals surface area contributed by atoms with Crippen molar-refractivity contribution in [2.75, 3.05) is 0 Å². The summed E-state index contributed by atoms with van der Waals surface area (Å²) in [7, 11) is 0. The lowest BCUT2D eigenvalue weighted by molar-refractivity contribution is 0.517. The first-order chi connectivity index (χ1) is 10.6. The highest BCUT2D eigenvalue weighted by Gasteiger charge is 2.20. The number of H-pyrrole nitrogens is 1. The Balaban J connectivity index is 2.17. The Hall–Kier alpha value is -1.70. The summed E-state index contributed by atoms with van der Waals surface area (Å²) in [6, 6.07) is 7.34. The van der Waals surface area contributed by atoms with Gasteiger partial charge in [0.05, 0.1) is 0 Å². The topological polar surface area (TPSA) is 86.1 Å². The molecule has 22 heavy (non-hydrogen) atoms. The summed E-state index contributed by atoms with van der Waals surface area (Å²) in [4.78, 5) is 0. The molecule has 0 fully saturated rings. The average Bonchev–Trinajstić information content (AvgIpc) is 3.08. The van der Waals surface area contributed by atoms with Crippen LogP contribution in [-0.4, -0.2) is 28.6 Å². The number of nitrogens with one attached hydrogen (secondary N) is 1. The Morgan fingerprint density at radius 1 is 1.41 bits per heavy atom. The predicted molar refractivity (Wildman–Crippen MR) is 84.4 cm³/mol. The van der Waals surface area contributed by atoms with Gasteiger partial charge in [-0.05, 0) is 23.1 Å². The normalized spacial score (nSPS) is 14.3. The van der Waals surface area contributed by atoms with E-state index in [0.717, 1.165) is 17.5 Å². The molecule has 8 heteroatoms. The van der Waals surface area contributed by atoms with Gasteiger partial charge in [0.15, 0.2) is 11.5 Å². The first kappa shape index (κ1) is 15.2. The molecule has 0 bridgehead atoms. The fraction of sp³-hybridized carbons (Fsp3) is 0.286. The number of fused-ring (bicyclic) bond motifs is 1. The smallest absolute Gasteiger partial charge is 0.196 e. The first-order valence-corrected chi connectivity index (χ1v) is 8.40. The van der Waals surface area contributed by atoms with Crippen molar-refractivity contribution < 1.29 is 8.76 Å². The highest BCUT2D eigenvalue weighted by Crippen LogP contribution is 2.33. The Morgan fingerprint density at radius 2 is 2.18 bits per heavy atom. The first-order valence-electron chi connectivity index (χ1n) is 6.88. The molecule has 1 N–H and O–H groups in total. The van der Waals surface area contributed by atoms with Crippen LogP contribution < -0.4 is 0 Å². The van der Waals surface area contributed by atoms with Crippen LogP contribution in [0.2, 0.25) is 5.02 Å². The molecule has 2 atom stereocenters. The molecule has 0 amide bonds. The standard InChI is InChI=1S/C14H15ClN4O2S/c1-2-5-12(22(20)21)9-6-3-4-7-10(9)13-17-18-14-11(15)8-16-19(13)14/h3-4,6-8,12,16H,2,5H2,1H3,(H,20,21)/p-1. The Labute approximate surface area is 134 Å². The second kappa shape index (κ2) is 6.20. The molecule has 0 spiro atoms. The molecule has 2 heterocycles. The van der Waals surface area contributed by atoms with Crippen LogP contribution in [0.3, 0.4) is 0 Å². The van der Waals surface area contributed by atoms with Crippen LogP contribution in [0.15, 0.2) is 30.5 Å². The second-order valence-corrected chi connectivity index (χ2v) is 6.43. The summed E-state index contributed by atoms with van der Waals surface area (Å²) >= 11 is 3.82. The van der Waals surface area contributed by atoms with Gasteiger partial charge >= 0.3 is 0 Å². The maximum absolute atomic E-state index is 11.6. The molecule has 0 aliphatic rings. The van der Waals surface area contributed by atoms with Crippen LogP contribution in [0.5, 0.6) is 0 Å². The van der Waals surface area contributed by atoms with Crippen molar-refractivity contribution >= 4 is 28.3 Å². The molecule has 2 aromatic heterocycles. The van der Waals surface area contributed by atoms with E-state index < -0.39 is 16.3 Å². The lowest BCUT2D eigenvalue weighted by Gasteiger charge is -2.21. The quantitative estimate of drug-likeness (QED) is 0.725. The van der Waals surface area contributed by atoms with Crippen molar-refractivity contribution in [3.8, 4) is 11.4 Å². The zero-order chi connectivity index (χ0) is 15.7. The van der Waals surface area contributed by atoms with Crippen molar-refractivity contribution in [3.05, 3.63) is 41.0 Å². The highest BCUT2D eigenvalue weighted by atomic mass is 35.5. The van der Waals surface area contributed by atoms with Gasteiger partial charge in [-0.3, -0.25) is 9.31 Å². The van der Waals surface area contributed by atoms with Crippen molar-refractivity contribution in [2.45, 2.75) is 25.0 Å². The van der Waals surface area contributed by atoms with Crippen molar-refractivity contribution in [1.29, 1.82) is 0 Å². The summed E-state index contributed by atoms with van der Waals surface area (Å²) in [5, 5.41) is 11.1. The number of rotatable bonds is 5. The van der Waals surface area contributed by atoms with Gasteiger partial charge in [0, 0.05) is 17.0 Å². The van der Waals surface area contributed by atoms with E-state index in [-0.39, 0.29) is 0 Å². The van der Waals surface area contributed by atoms with Crippen LogP contribution in [0.4, 0.5) is 0 Å². The number of nitrogens with zero attached hydrogens (tertiary/aromatic N) is 3. The molecular weight excluding hydrogens is 324 g/mol. The van der Waals surface area contributed by atoms with E-state index >= 15 is 0 Å². The molecule has 3 rings (SSSR count). The molecule has 0 saturated carbocycles. The number of aromatic amines is 1. The van der Waals surface area contributed by atoms with Crippen molar-refractivity contribution in [2.24, 2.45) is 0 Å². The molecule has 3 aromatic rings. The van der Waals surface area contributed by atoms with Crippen LogP contribution in [-0.2, 0) is 11.1 Å². The van der Waals surface area contributed by atoms with Gasteiger partial charge in [-0.15, -0.1) is 10.2 Å². The summed E-state index contributed by atoms with van der Waals surface area (Å²) in [6.07, 6.45) is 2.95. The molecule has 1 aromatic carbocycles. The van der Waals surface area contributed by atoms with E-state index in [4.69, 9.17) is 11.6 Å². The van der Waals surface area contributed by atoms with Gasteiger partial charge in [0.1, 0.15) is 5.02 Å². The Morgan fingerprint density at radius 3 is 2.91 bits per heavy atom. The zero-order valence-electron chi connectivity index (χ0n) is 11.8. The molecule has 0 aliphatic carbocycles. The number of aromatic nitrogens is 4. The monoisotopic (exact) mass is 337 g/mol. The van der Waals surface area contributed by atoms with Crippen LogP contribution in [0.1, 0.15) is 30.6 Å². The number of hydrogen-bond acceptors (Lipinski definition) is 4. The summed E-state index contributed by atoms with van der Waals surface area (Å²) in [5.41, 5.74) is 1.97. The number of benzene rings is 1. The minimum Gasteiger partial charge on any atom is -0.772 e. The largest absolute Gasteiger partial charge is 0.772 e.